The Labute approximate surface area is 136 Å². The van der Waals surface area contributed by atoms with Gasteiger partial charge in [-0.15, -0.1) is 22.7 Å². The van der Waals surface area contributed by atoms with E-state index in [4.69, 9.17) is 4.98 Å². The van der Waals surface area contributed by atoms with Crippen LogP contribution in [0.2, 0.25) is 0 Å². The highest BCUT2D eigenvalue weighted by molar-refractivity contribution is 7.15. The van der Waals surface area contributed by atoms with Gasteiger partial charge in [0.2, 0.25) is 0 Å². The smallest absolute Gasteiger partial charge is 0.186 e. The van der Waals surface area contributed by atoms with Crippen LogP contribution in [0.25, 0.3) is 0 Å². The largest absolute Gasteiger partial charge is 0.344 e. The van der Waals surface area contributed by atoms with E-state index in [9.17, 15) is 0 Å². The van der Waals surface area contributed by atoms with E-state index in [2.05, 4.69) is 55.5 Å². The average Bonchev–Trinajstić information content (AvgIpc) is 3.15. The molecule has 5 heteroatoms. The van der Waals surface area contributed by atoms with Gasteiger partial charge in [0, 0.05) is 23.3 Å². The van der Waals surface area contributed by atoms with Gasteiger partial charge in [-0.3, -0.25) is 0 Å². The maximum Gasteiger partial charge on any atom is 0.186 e. The summed E-state index contributed by atoms with van der Waals surface area (Å²) in [5, 5.41) is 6.75. The number of nitrogens with one attached hydrogen (secondary N) is 1. The molecule has 116 valence electrons. The maximum atomic E-state index is 4.85. The lowest BCUT2D eigenvalue weighted by molar-refractivity contribution is 0.676. The zero-order chi connectivity index (χ0) is 15.2. The zero-order valence-electron chi connectivity index (χ0n) is 13.3. The molecule has 1 N–H and O–H groups in total. The summed E-state index contributed by atoms with van der Waals surface area (Å²) in [5.41, 5.74) is 1.24. The molecule has 0 fully saturated rings. The van der Waals surface area contributed by atoms with Gasteiger partial charge in [0.25, 0.3) is 0 Å². The van der Waals surface area contributed by atoms with Crippen molar-refractivity contribution in [2.45, 2.75) is 46.2 Å². The summed E-state index contributed by atoms with van der Waals surface area (Å²) < 4.78 is 0. The van der Waals surface area contributed by atoms with E-state index in [1.165, 1.54) is 21.9 Å². The van der Waals surface area contributed by atoms with Gasteiger partial charge < -0.3 is 10.2 Å². The highest BCUT2D eigenvalue weighted by atomic mass is 32.1. The fourth-order valence-corrected chi connectivity index (χ4v) is 4.19. The van der Waals surface area contributed by atoms with Crippen LogP contribution < -0.4 is 10.2 Å². The second-order valence-electron chi connectivity index (χ2n) is 5.20. The molecule has 2 heterocycles. The summed E-state index contributed by atoms with van der Waals surface area (Å²) in [6.45, 7) is 8.63. The molecule has 1 atom stereocenters. The number of hydrogen-bond donors (Lipinski definition) is 1. The van der Waals surface area contributed by atoms with Gasteiger partial charge in [0.15, 0.2) is 5.13 Å². The average molecular weight is 324 g/mol. The Morgan fingerprint density at radius 1 is 1.38 bits per heavy atom. The number of aromatic nitrogens is 1. The predicted octanol–water partition coefficient (Wildman–Crippen LogP) is 4.46. The normalized spacial score (nSPS) is 12.6. The highest BCUT2D eigenvalue weighted by Crippen LogP contribution is 2.32. The minimum Gasteiger partial charge on any atom is -0.344 e. The first-order valence-electron chi connectivity index (χ1n) is 7.62. The van der Waals surface area contributed by atoms with E-state index in [1.54, 1.807) is 0 Å². The Balaban J connectivity index is 2.12. The van der Waals surface area contributed by atoms with Crippen molar-refractivity contribution in [3.63, 3.8) is 0 Å². The lowest BCUT2D eigenvalue weighted by atomic mass is 10.2. The van der Waals surface area contributed by atoms with Crippen LogP contribution in [0.15, 0.2) is 17.5 Å². The number of aryl methyl sites for hydroxylation is 1. The first kappa shape index (κ1) is 16.5. The fourth-order valence-electron chi connectivity index (χ4n) is 2.20. The third kappa shape index (κ3) is 4.05. The molecule has 0 amide bonds. The van der Waals surface area contributed by atoms with Crippen LogP contribution in [0.5, 0.6) is 0 Å². The molecule has 0 radical (unpaired) electrons. The fraction of sp³-hybridized carbons (Fsp3) is 0.562. The minimum absolute atomic E-state index is 0.373. The molecule has 2 aromatic rings. The van der Waals surface area contributed by atoms with E-state index >= 15 is 0 Å². The number of thiophene rings is 1. The van der Waals surface area contributed by atoms with Crippen molar-refractivity contribution in [3.05, 3.63) is 33.0 Å². The molecule has 0 saturated carbocycles. The lowest BCUT2D eigenvalue weighted by Gasteiger charge is -2.23. The van der Waals surface area contributed by atoms with Crippen LogP contribution in [-0.4, -0.2) is 18.6 Å². The van der Waals surface area contributed by atoms with Crippen molar-refractivity contribution >= 4 is 27.8 Å². The van der Waals surface area contributed by atoms with Gasteiger partial charge in [-0.25, -0.2) is 4.98 Å². The maximum absolute atomic E-state index is 4.85. The van der Waals surface area contributed by atoms with Crippen molar-refractivity contribution in [1.82, 2.24) is 10.3 Å². The van der Waals surface area contributed by atoms with Crippen LogP contribution in [0.4, 0.5) is 5.13 Å². The molecule has 0 aliphatic heterocycles. The SMILES string of the molecule is CCCNCc1sc(N(C)C(C)c2cccs2)nc1CC. The monoisotopic (exact) mass is 323 g/mol. The molecule has 3 nitrogen and oxygen atoms in total. The first-order valence-corrected chi connectivity index (χ1v) is 9.32. The summed E-state index contributed by atoms with van der Waals surface area (Å²) in [6.07, 6.45) is 2.17. The first-order chi connectivity index (χ1) is 10.2. The third-order valence-electron chi connectivity index (χ3n) is 3.65. The zero-order valence-corrected chi connectivity index (χ0v) is 15.0. The second kappa shape index (κ2) is 7.92. The van der Waals surface area contributed by atoms with Crippen molar-refractivity contribution in [2.75, 3.05) is 18.5 Å². The molecular weight excluding hydrogens is 298 g/mol. The summed E-state index contributed by atoms with van der Waals surface area (Å²) in [6, 6.07) is 4.69. The number of thiazole rings is 1. The van der Waals surface area contributed by atoms with Crippen LogP contribution in [0.1, 0.15) is 48.7 Å². The second-order valence-corrected chi connectivity index (χ2v) is 7.24. The predicted molar refractivity (Wildman–Crippen MR) is 94.6 cm³/mol. The van der Waals surface area contributed by atoms with Crippen molar-refractivity contribution in [1.29, 1.82) is 0 Å². The molecule has 2 rings (SSSR count). The van der Waals surface area contributed by atoms with Crippen molar-refractivity contribution in [3.8, 4) is 0 Å². The van der Waals surface area contributed by atoms with E-state index in [1.807, 2.05) is 22.7 Å². The minimum atomic E-state index is 0.373. The van der Waals surface area contributed by atoms with Crippen LogP contribution in [0, 0.1) is 0 Å². The van der Waals surface area contributed by atoms with Gasteiger partial charge >= 0.3 is 0 Å². The van der Waals surface area contributed by atoms with Gasteiger partial charge in [-0.2, -0.15) is 0 Å². The van der Waals surface area contributed by atoms with Gasteiger partial charge in [-0.1, -0.05) is 19.9 Å². The molecule has 0 saturated heterocycles. The Kier molecular flexibility index (Phi) is 6.21. The number of nitrogens with zero attached hydrogens (tertiary/aromatic N) is 2. The van der Waals surface area contributed by atoms with Gasteiger partial charge in [0.05, 0.1) is 11.7 Å². The van der Waals surface area contributed by atoms with E-state index in [0.717, 1.165) is 24.6 Å². The van der Waals surface area contributed by atoms with E-state index in [0.29, 0.717) is 6.04 Å². The highest BCUT2D eigenvalue weighted by Gasteiger charge is 2.18. The molecule has 21 heavy (non-hydrogen) atoms. The van der Waals surface area contributed by atoms with Gasteiger partial charge in [-0.05, 0) is 37.8 Å². The molecule has 1 unspecified atom stereocenters. The van der Waals surface area contributed by atoms with Gasteiger partial charge in [0.1, 0.15) is 0 Å². The molecule has 2 aromatic heterocycles. The van der Waals surface area contributed by atoms with Crippen molar-refractivity contribution in [2.24, 2.45) is 0 Å². The van der Waals surface area contributed by atoms with Crippen molar-refractivity contribution < 1.29 is 0 Å². The molecule has 0 bridgehead atoms. The van der Waals surface area contributed by atoms with Crippen LogP contribution in [0.3, 0.4) is 0 Å². The number of rotatable bonds is 8. The molecule has 0 spiro atoms. The standard InChI is InChI=1S/C16H25N3S2/c1-5-9-17-11-15-13(6-2)18-16(21-15)19(4)12(3)14-8-7-10-20-14/h7-8,10,12,17H,5-6,9,11H2,1-4H3. The lowest BCUT2D eigenvalue weighted by Crippen LogP contribution is -2.20. The van der Waals surface area contributed by atoms with Crippen LogP contribution >= 0.6 is 22.7 Å². The Hall–Kier alpha value is -0.910. The summed E-state index contributed by atoms with van der Waals surface area (Å²) >= 11 is 3.64. The molecule has 0 aliphatic carbocycles. The van der Waals surface area contributed by atoms with E-state index < -0.39 is 0 Å². The molecule has 0 aromatic carbocycles. The van der Waals surface area contributed by atoms with E-state index in [-0.39, 0.29) is 0 Å². The molecular formula is C16H25N3S2. The number of hydrogen-bond acceptors (Lipinski definition) is 5. The topological polar surface area (TPSA) is 28.2 Å². The third-order valence-corrected chi connectivity index (χ3v) is 5.88. The Morgan fingerprint density at radius 2 is 2.19 bits per heavy atom. The Morgan fingerprint density at radius 3 is 2.81 bits per heavy atom. The number of anilines is 1. The quantitative estimate of drug-likeness (QED) is 0.727. The summed E-state index contributed by atoms with van der Waals surface area (Å²) in [7, 11) is 2.14. The molecule has 0 aliphatic rings. The van der Waals surface area contributed by atoms with Crippen LogP contribution in [-0.2, 0) is 13.0 Å². The summed E-state index contributed by atoms with van der Waals surface area (Å²) in [4.78, 5) is 9.90. The Bertz CT molecular complexity index is 534. The summed E-state index contributed by atoms with van der Waals surface area (Å²) in [5.74, 6) is 0.